The Balaban J connectivity index is 1.69. The predicted octanol–water partition coefficient (Wildman–Crippen LogP) is 3.51. The van der Waals surface area contributed by atoms with Crippen LogP contribution in [0.4, 0.5) is 5.82 Å². The number of nitrogens with zero attached hydrogens (tertiary/aromatic N) is 2. The number of carbonyl (C=O) groups is 2. The lowest BCUT2D eigenvalue weighted by atomic mass is 10.0. The van der Waals surface area contributed by atoms with Crippen molar-refractivity contribution < 1.29 is 9.59 Å². The molecule has 3 rings (SSSR count). The number of anilines is 1. The monoisotopic (exact) mass is 354 g/mol. The van der Waals surface area contributed by atoms with Gasteiger partial charge in [0.05, 0.1) is 24.7 Å². The van der Waals surface area contributed by atoms with Gasteiger partial charge in [-0.1, -0.05) is 42.7 Å². The molecule has 1 unspecified atom stereocenters. The number of rotatable bonds is 6. The third kappa shape index (κ3) is 4.50. The standard InChI is InChI=1S/C20H26N4O2/c1-14-7-9-16(10-8-14)18(22-15(2)25)13-20(26)23-19-11-12-21-24(19)17-5-3-4-6-17/h7-12,17-18H,3-6,13H2,1-2H3,(H,22,25)(H,23,26). The molecule has 0 aliphatic heterocycles. The zero-order valence-corrected chi connectivity index (χ0v) is 15.4. The van der Waals surface area contributed by atoms with Gasteiger partial charge < -0.3 is 10.6 Å². The van der Waals surface area contributed by atoms with Crippen LogP contribution in [-0.4, -0.2) is 21.6 Å². The van der Waals surface area contributed by atoms with Gasteiger partial charge in [-0.05, 0) is 25.3 Å². The average molecular weight is 354 g/mol. The molecule has 1 aromatic carbocycles. The van der Waals surface area contributed by atoms with Crippen LogP contribution in [0.2, 0.25) is 0 Å². The molecule has 138 valence electrons. The summed E-state index contributed by atoms with van der Waals surface area (Å²) in [7, 11) is 0. The molecule has 0 spiro atoms. The van der Waals surface area contributed by atoms with E-state index in [1.165, 1.54) is 19.8 Å². The van der Waals surface area contributed by atoms with Crippen molar-refractivity contribution in [3.63, 3.8) is 0 Å². The fraction of sp³-hybridized carbons (Fsp3) is 0.450. The van der Waals surface area contributed by atoms with E-state index in [4.69, 9.17) is 0 Å². The number of carbonyl (C=O) groups excluding carboxylic acids is 2. The molecule has 6 nitrogen and oxygen atoms in total. The Hall–Kier alpha value is -2.63. The van der Waals surface area contributed by atoms with E-state index < -0.39 is 0 Å². The van der Waals surface area contributed by atoms with Crippen LogP contribution in [0.3, 0.4) is 0 Å². The maximum Gasteiger partial charge on any atom is 0.227 e. The first-order valence-corrected chi connectivity index (χ1v) is 9.20. The van der Waals surface area contributed by atoms with Crippen LogP contribution in [0.25, 0.3) is 0 Å². The second-order valence-electron chi connectivity index (χ2n) is 7.02. The van der Waals surface area contributed by atoms with Gasteiger partial charge >= 0.3 is 0 Å². The summed E-state index contributed by atoms with van der Waals surface area (Å²) >= 11 is 0. The van der Waals surface area contributed by atoms with E-state index in [0.717, 1.165) is 29.8 Å². The molecule has 1 aliphatic rings. The van der Waals surface area contributed by atoms with Crippen molar-refractivity contribution in [1.29, 1.82) is 0 Å². The number of amides is 2. The first-order chi connectivity index (χ1) is 12.5. The molecule has 6 heteroatoms. The van der Waals surface area contributed by atoms with Gasteiger partial charge in [0.1, 0.15) is 5.82 Å². The first-order valence-electron chi connectivity index (χ1n) is 9.20. The van der Waals surface area contributed by atoms with Crippen LogP contribution in [0.1, 0.15) is 62.2 Å². The Kier molecular flexibility index (Phi) is 5.71. The Morgan fingerprint density at radius 3 is 2.54 bits per heavy atom. The topological polar surface area (TPSA) is 76.0 Å². The fourth-order valence-electron chi connectivity index (χ4n) is 3.53. The second-order valence-corrected chi connectivity index (χ2v) is 7.02. The summed E-state index contributed by atoms with van der Waals surface area (Å²) in [5.41, 5.74) is 2.06. The van der Waals surface area contributed by atoms with Crippen molar-refractivity contribution in [3.8, 4) is 0 Å². The Morgan fingerprint density at radius 2 is 1.88 bits per heavy atom. The molecule has 1 atom stereocenters. The molecule has 0 saturated heterocycles. The Morgan fingerprint density at radius 1 is 1.19 bits per heavy atom. The van der Waals surface area contributed by atoms with E-state index in [2.05, 4.69) is 15.7 Å². The maximum atomic E-state index is 12.6. The molecule has 0 radical (unpaired) electrons. The molecule has 1 heterocycles. The Bertz CT molecular complexity index is 760. The van der Waals surface area contributed by atoms with Crippen molar-refractivity contribution in [2.75, 3.05) is 5.32 Å². The summed E-state index contributed by atoms with van der Waals surface area (Å²) in [5.74, 6) is 0.441. The summed E-state index contributed by atoms with van der Waals surface area (Å²) in [4.78, 5) is 24.2. The molecule has 1 fully saturated rings. The summed E-state index contributed by atoms with van der Waals surface area (Å²) < 4.78 is 1.92. The van der Waals surface area contributed by atoms with Crippen molar-refractivity contribution in [2.24, 2.45) is 0 Å². The lowest BCUT2D eigenvalue weighted by molar-refractivity contribution is -0.120. The molecule has 2 N–H and O–H groups in total. The van der Waals surface area contributed by atoms with Gasteiger partial charge in [-0.2, -0.15) is 5.10 Å². The normalized spacial score (nSPS) is 15.6. The molecular weight excluding hydrogens is 328 g/mol. The molecule has 0 bridgehead atoms. The Labute approximate surface area is 154 Å². The number of benzene rings is 1. The van der Waals surface area contributed by atoms with Crippen LogP contribution >= 0.6 is 0 Å². The summed E-state index contributed by atoms with van der Waals surface area (Å²) in [6, 6.07) is 9.71. The van der Waals surface area contributed by atoms with Crippen molar-refractivity contribution in [3.05, 3.63) is 47.7 Å². The van der Waals surface area contributed by atoms with Crippen LogP contribution in [0, 0.1) is 6.92 Å². The highest BCUT2D eigenvalue weighted by Crippen LogP contribution is 2.31. The fourth-order valence-corrected chi connectivity index (χ4v) is 3.53. The van der Waals surface area contributed by atoms with Crippen LogP contribution in [-0.2, 0) is 9.59 Å². The van der Waals surface area contributed by atoms with Gasteiger partial charge in [-0.25, -0.2) is 4.68 Å². The van der Waals surface area contributed by atoms with Gasteiger partial charge in [0, 0.05) is 13.0 Å². The van der Waals surface area contributed by atoms with E-state index in [0.29, 0.717) is 6.04 Å². The molecule has 1 saturated carbocycles. The number of nitrogens with one attached hydrogen (secondary N) is 2. The van der Waals surface area contributed by atoms with Gasteiger partial charge in [0.25, 0.3) is 0 Å². The number of hydrogen-bond acceptors (Lipinski definition) is 3. The summed E-state index contributed by atoms with van der Waals surface area (Å²) in [6.07, 6.45) is 6.51. The maximum absolute atomic E-state index is 12.6. The zero-order chi connectivity index (χ0) is 18.5. The van der Waals surface area contributed by atoms with Crippen molar-refractivity contribution in [2.45, 2.75) is 58.0 Å². The lowest BCUT2D eigenvalue weighted by Gasteiger charge is -2.19. The van der Waals surface area contributed by atoms with Crippen molar-refractivity contribution >= 4 is 17.6 Å². The SMILES string of the molecule is CC(=O)NC(CC(=O)Nc1ccnn1C1CCCC1)c1ccc(C)cc1. The third-order valence-electron chi connectivity index (χ3n) is 4.86. The number of aryl methyl sites for hydroxylation is 1. The second kappa shape index (κ2) is 8.17. The predicted molar refractivity (Wildman–Crippen MR) is 101 cm³/mol. The minimum atomic E-state index is -0.351. The molecule has 2 amide bonds. The highest BCUT2D eigenvalue weighted by atomic mass is 16.2. The van der Waals surface area contributed by atoms with Gasteiger partial charge in [0.2, 0.25) is 11.8 Å². The van der Waals surface area contributed by atoms with Gasteiger partial charge in [0.15, 0.2) is 0 Å². The van der Waals surface area contributed by atoms with E-state index in [1.807, 2.05) is 41.9 Å². The minimum Gasteiger partial charge on any atom is -0.349 e. The smallest absolute Gasteiger partial charge is 0.227 e. The van der Waals surface area contributed by atoms with Gasteiger partial charge in [-0.3, -0.25) is 9.59 Å². The molecule has 2 aromatic rings. The number of hydrogen-bond donors (Lipinski definition) is 2. The summed E-state index contributed by atoms with van der Waals surface area (Å²) in [5, 5.41) is 10.2. The van der Waals surface area contributed by atoms with Gasteiger partial charge in [-0.15, -0.1) is 0 Å². The summed E-state index contributed by atoms with van der Waals surface area (Å²) in [6.45, 7) is 3.47. The van der Waals surface area contributed by atoms with Crippen LogP contribution in [0.5, 0.6) is 0 Å². The largest absolute Gasteiger partial charge is 0.349 e. The number of aromatic nitrogens is 2. The highest BCUT2D eigenvalue weighted by molar-refractivity contribution is 5.90. The van der Waals surface area contributed by atoms with Crippen LogP contribution < -0.4 is 10.6 Å². The van der Waals surface area contributed by atoms with Crippen LogP contribution in [0.15, 0.2) is 36.5 Å². The van der Waals surface area contributed by atoms with E-state index in [-0.39, 0.29) is 24.3 Å². The van der Waals surface area contributed by atoms with E-state index in [9.17, 15) is 9.59 Å². The molecule has 1 aromatic heterocycles. The first kappa shape index (κ1) is 18.2. The third-order valence-corrected chi connectivity index (χ3v) is 4.86. The molecular formula is C20H26N4O2. The zero-order valence-electron chi connectivity index (χ0n) is 15.4. The minimum absolute atomic E-state index is 0.135. The molecule has 26 heavy (non-hydrogen) atoms. The highest BCUT2D eigenvalue weighted by Gasteiger charge is 2.22. The average Bonchev–Trinajstić information content (AvgIpc) is 3.25. The lowest BCUT2D eigenvalue weighted by Crippen LogP contribution is -2.30. The van der Waals surface area contributed by atoms with E-state index in [1.54, 1.807) is 6.20 Å². The molecule has 1 aliphatic carbocycles. The van der Waals surface area contributed by atoms with Crippen molar-refractivity contribution in [1.82, 2.24) is 15.1 Å². The quantitative estimate of drug-likeness (QED) is 0.833. The van der Waals surface area contributed by atoms with E-state index >= 15 is 0 Å².